The molecule has 2 amide bonds. The number of hydrogen-bond acceptors (Lipinski definition) is 7. The van der Waals surface area contributed by atoms with Gasteiger partial charge in [-0.25, -0.2) is 9.78 Å². The maximum Gasteiger partial charge on any atom is 0.407 e. The molecular weight excluding hydrogens is 584 g/mol. The number of furan rings is 1. The van der Waals surface area contributed by atoms with E-state index in [2.05, 4.69) is 16.0 Å². The van der Waals surface area contributed by atoms with E-state index in [0.29, 0.717) is 40.8 Å². The number of nitrogens with zero attached hydrogens (tertiary/aromatic N) is 3. The molecule has 4 heterocycles. The second-order valence-corrected chi connectivity index (χ2v) is 14.9. The second-order valence-electron chi connectivity index (χ2n) is 14.9. The minimum absolute atomic E-state index is 0.0972. The van der Waals surface area contributed by atoms with Crippen molar-refractivity contribution >= 4 is 34.0 Å². The molecule has 1 saturated heterocycles. The van der Waals surface area contributed by atoms with Crippen LogP contribution in [0.3, 0.4) is 0 Å². The summed E-state index contributed by atoms with van der Waals surface area (Å²) < 4.78 is 20.2. The summed E-state index contributed by atoms with van der Waals surface area (Å²) in [7, 11) is 1.61. The van der Waals surface area contributed by atoms with Gasteiger partial charge in [-0.05, 0) is 109 Å². The molecular formula is C36H44N4O6. The van der Waals surface area contributed by atoms with Crippen molar-refractivity contribution in [2.45, 2.75) is 97.1 Å². The van der Waals surface area contributed by atoms with Crippen LogP contribution in [0.4, 0.5) is 4.79 Å². The van der Waals surface area contributed by atoms with E-state index in [9.17, 15) is 14.7 Å². The Bertz CT molecular complexity index is 1850. The van der Waals surface area contributed by atoms with Gasteiger partial charge in [0.25, 0.3) is 5.91 Å². The average Bonchev–Trinajstić information content (AvgIpc) is 3.33. The first-order valence-electron chi connectivity index (χ1n) is 16.4. The fourth-order valence-electron chi connectivity index (χ4n) is 7.33. The van der Waals surface area contributed by atoms with Crippen LogP contribution in [-0.4, -0.2) is 62.9 Å². The van der Waals surface area contributed by atoms with Crippen LogP contribution in [-0.2, 0) is 16.9 Å². The molecule has 4 aromatic rings. The van der Waals surface area contributed by atoms with E-state index >= 15 is 0 Å². The van der Waals surface area contributed by atoms with E-state index in [1.165, 1.54) is 12.8 Å². The number of hydrogen-bond donors (Lipinski definition) is 2. The molecule has 3 aromatic heterocycles. The largest absolute Gasteiger partial charge is 0.496 e. The maximum atomic E-state index is 14.0. The molecule has 1 aliphatic heterocycles. The number of carbonyl (C=O) groups excluding carboxylic acids is 2. The number of aromatic nitrogens is 2. The second kappa shape index (κ2) is 10.8. The summed E-state index contributed by atoms with van der Waals surface area (Å²) in [5.74, 6) is 1.94. The van der Waals surface area contributed by atoms with Crippen LogP contribution >= 0.6 is 0 Å². The van der Waals surface area contributed by atoms with Gasteiger partial charge < -0.3 is 33.8 Å². The number of aryl methyl sites for hydroxylation is 1. The van der Waals surface area contributed by atoms with Crippen LogP contribution in [0.15, 0.2) is 34.7 Å². The Hall–Kier alpha value is -4.05. The first-order valence-corrected chi connectivity index (χ1v) is 16.4. The fourth-order valence-corrected chi connectivity index (χ4v) is 7.33. The monoisotopic (exact) mass is 628 g/mol. The van der Waals surface area contributed by atoms with Crippen LogP contribution in [0, 0.1) is 18.8 Å². The molecule has 2 unspecified atom stereocenters. The zero-order valence-corrected chi connectivity index (χ0v) is 27.8. The van der Waals surface area contributed by atoms with Gasteiger partial charge in [0.1, 0.15) is 28.2 Å². The summed E-state index contributed by atoms with van der Waals surface area (Å²) in [5.41, 5.74) is 2.70. The summed E-state index contributed by atoms with van der Waals surface area (Å²) in [4.78, 5) is 33.4. The first kappa shape index (κ1) is 30.6. The molecule has 2 bridgehead atoms. The van der Waals surface area contributed by atoms with E-state index in [0.717, 1.165) is 47.1 Å². The lowest BCUT2D eigenvalue weighted by molar-refractivity contribution is 0.0485. The Morgan fingerprint density at radius 2 is 1.85 bits per heavy atom. The predicted octanol–water partition coefficient (Wildman–Crippen LogP) is 6.53. The number of aliphatic hydroxyl groups is 1. The normalized spacial score (nSPS) is 21.4. The third-order valence-electron chi connectivity index (χ3n) is 9.73. The van der Waals surface area contributed by atoms with E-state index in [4.69, 9.17) is 18.9 Å². The smallest absolute Gasteiger partial charge is 0.407 e. The van der Waals surface area contributed by atoms with Crippen molar-refractivity contribution in [3.8, 4) is 17.2 Å². The Labute approximate surface area is 269 Å². The molecule has 2 N–H and O–H groups in total. The number of nitrogens with one attached hydrogen (secondary N) is 1. The maximum absolute atomic E-state index is 14.0. The predicted molar refractivity (Wildman–Crippen MR) is 175 cm³/mol. The lowest BCUT2D eigenvalue weighted by atomic mass is 10.0. The van der Waals surface area contributed by atoms with Crippen molar-refractivity contribution in [2.75, 3.05) is 13.7 Å². The third kappa shape index (κ3) is 5.40. The number of alkyl carbamates (subject to hydrolysis) is 1. The quantitative estimate of drug-likeness (QED) is 0.239. The molecule has 3 aliphatic rings. The fraction of sp³-hybridized carbons (Fsp3) is 0.528. The number of ether oxygens (including phenoxy) is 2. The number of likely N-dealkylation sites (tertiary alicyclic amines) is 1. The summed E-state index contributed by atoms with van der Waals surface area (Å²) >= 11 is 0. The van der Waals surface area contributed by atoms with Gasteiger partial charge in [-0.1, -0.05) is 0 Å². The lowest BCUT2D eigenvalue weighted by Gasteiger charge is -2.28. The van der Waals surface area contributed by atoms with E-state index in [1.54, 1.807) is 27.0 Å². The van der Waals surface area contributed by atoms with Crippen molar-refractivity contribution in [3.63, 3.8) is 0 Å². The van der Waals surface area contributed by atoms with Gasteiger partial charge in [0.05, 0.1) is 36.0 Å². The molecule has 46 heavy (non-hydrogen) atoms. The van der Waals surface area contributed by atoms with Gasteiger partial charge in [0.15, 0.2) is 5.76 Å². The SMILES string of the molecule is COc1cc(C(=O)N2CC3CCC2[C@@H]3NC(=O)OC(C)(C)C)cc2oc(-c3cc4ccc(C(C)(C)O)nc4n3CC3CC3)c(C)c12. The molecule has 2 saturated carbocycles. The van der Waals surface area contributed by atoms with E-state index < -0.39 is 17.3 Å². The van der Waals surface area contributed by atoms with Gasteiger partial charge in [-0.15, -0.1) is 0 Å². The minimum Gasteiger partial charge on any atom is -0.496 e. The minimum atomic E-state index is -1.06. The number of amides is 2. The molecule has 1 aromatic carbocycles. The van der Waals surface area contributed by atoms with Crippen molar-refractivity contribution in [1.29, 1.82) is 0 Å². The number of piperidine rings is 1. The summed E-state index contributed by atoms with van der Waals surface area (Å²) in [5, 5.41) is 15.5. The molecule has 0 radical (unpaired) electrons. The van der Waals surface area contributed by atoms with E-state index in [-0.39, 0.29) is 23.9 Å². The van der Waals surface area contributed by atoms with Gasteiger partial charge in [0.2, 0.25) is 0 Å². The number of benzene rings is 1. The molecule has 244 valence electrons. The van der Waals surface area contributed by atoms with Gasteiger partial charge in [-0.3, -0.25) is 4.79 Å². The lowest BCUT2D eigenvalue weighted by Crippen LogP contribution is -2.46. The number of pyridine rings is 1. The van der Waals surface area contributed by atoms with Gasteiger partial charge >= 0.3 is 6.09 Å². The van der Waals surface area contributed by atoms with Crippen LogP contribution < -0.4 is 10.1 Å². The Kier molecular flexibility index (Phi) is 7.15. The highest BCUT2D eigenvalue weighted by Gasteiger charge is 2.50. The van der Waals surface area contributed by atoms with Crippen molar-refractivity contribution in [2.24, 2.45) is 11.8 Å². The Balaban J connectivity index is 1.24. The zero-order valence-electron chi connectivity index (χ0n) is 27.8. The standard InChI is InChI=1S/C36H44N4O6/c1-19-29-26(44-7)15-23(33(41)40-18-22-10-12-24(40)30(22)38-34(42)46-35(2,3)4)16-27(29)45-31(19)25-14-21-11-13-28(36(5,6)43)37-32(21)39(25)17-20-8-9-20/h11,13-16,20,22,24,30,43H,8-10,12,17-18H2,1-7H3,(H,38,42)/t22?,24?,30-/m1/s1. The molecule has 3 fully saturated rings. The molecule has 3 atom stereocenters. The van der Waals surface area contributed by atoms with Gasteiger partial charge in [-0.2, -0.15) is 0 Å². The van der Waals surface area contributed by atoms with Crippen molar-refractivity contribution < 1.29 is 28.6 Å². The third-order valence-corrected chi connectivity index (χ3v) is 9.73. The first-order chi connectivity index (χ1) is 21.7. The van der Waals surface area contributed by atoms with Crippen LogP contribution in [0.1, 0.15) is 81.9 Å². The number of fused-ring (bicyclic) bond motifs is 4. The number of methoxy groups -OCH3 is 1. The molecule has 0 spiro atoms. The highest BCUT2D eigenvalue weighted by atomic mass is 16.6. The zero-order chi connectivity index (χ0) is 32.7. The summed E-state index contributed by atoms with van der Waals surface area (Å²) in [6.45, 7) is 12.4. The van der Waals surface area contributed by atoms with E-state index in [1.807, 2.05) is 50.8 Å². The highest BCUT2D eigenvalue weighted by Crippen LogP contribution is 2.44. The molecule has 10 heteroatoms. The topological polar surface area (TPSA) is 119 Å². The van der Waals surface area contributed by atoms with Crippen LogP contribution in [0.25, 0.3) is 33.5 Å². The van der Waals surface area contributed by atoms with Crippen LogP contribution in [0.2, 0.25) is 0 Å². The Morgan fingerprint density at radius 3 is 2.52 bits per heavy atom. The highest BCUT2D eigenvalue weighted by molar-refractivity contribution is 6.02. The average molecular weight is 629 g/mol. The summed E-state index contributed by atoms with van der Waals surface area (Å²) in [6.07, 6.45) is 3.69. The van der Waals surface area contributed by atoms with Crippen LogP contribution in [0.5, 0.6) is 5.75 Å². The van der Waals surface area contributed by atoms with Crippen molar-refractivity contribution in [1.82, 2.24) is 19.8 Å². The van der Waals surface area contributed by atoms with Crippen molar-refractivity contribution in [3.05, 3.63) is 47.2 Å². The van der Waals surface area contributed by atoms with Gasteiger partial charge in [0, 0.05) is 29.6 Å². The summed E-state index contributed by atoms with van der Waals surface area (Å²) in [6, 6.07) is 9.36. The molecule has 7 rings (SSSR count). The number of carbonyl (C=O) groups is 2. The number of rotatable bonds is 7. The Morgan fingerprint density at radius 1 is 1.09 bits per heavy atom. The molecule has 10 nitrogen and oxygen atoms in total. The molecule has 2 aliphatic carbocycles.